The topological polar surface area (TPSA) is 85.6 Å². The maximum absolute atomic E-state index is 12.5. The molecule has 0 aromatic heterocycles. The number of phenolic OH excluding ortho intramolecular Hbond substituents is 1. The Bertz CT molecular complexity index is 946. The van der Waals surface area contributed by atoms with Gasteiger partial charge in [0.05, 0.1) is 16.8 Å². The van der Waals surface area contributed by atoms with Gasteiger partial charge in [0, 0.05) is 33.6 Å². The highest BCUT2D eigenvalue weighted by Gasteiger charge is 2.14. The molecule has 1 heterocycles. The minimum absolute atomic E-state index is 0.0523. The molecule has 0 saturated carbocycles. The smallest absolute Gasteiger partial charge is 0.266 e. The summed E-state index contributed by atoms with van der Waals surface area (Å²) in [7, 11) is 0. The highest BCUT2D eigenvalue weighted by molar-refractivity contribution is 14.1. The number of nitrogens with one attached hydrogen (secondary N) is 1. The van der Waals surface area contributed by atoms with Crippen molar-refractivity contribution in [2.75, 3.05) is 36.5 Å². The van der Waals surface area contributed by atoms with Crippen LogP contribution in [-0.2, 0) is 9.53 Å². The van der Waals surface area contributed by atoms with E-state index in [0.29, 0.717) is 28.0 Å². The van der Waals surface area contributed by atoms with Crippen LogP contribution in [-0.4, -0.2) is 37.3 Å². The number of carbonyl (C=O) groups excluding carboxylic acids is 1. The van der Waals surface area contributed by atoms with E-state index in [0.717, 1.165) is 22.3 Å². The predicted octanol–water partition coefficient (Wildman–Crippen LogP) is 3.98. The molecule has 0 radical (unpaired) electrons. The molecular weight excluding hydrogens is 584 g/mol. The summed E-state index contributed by atoms with van der Waals surface area (Å²) < 4.78 is 6.92. The number of nitrogens with zero attached hydrogens (tertiary/aromatic N) is 2. The summed E-state index contributed by atoms with van der Waals surface area (Å²) in [6.45, 7) is 3.09. The van der Waals surface area contributed by atoms with Gasteiger partial charge in [0.25, 0.3) is 5.91 Å². The molecule has 1 fully saturated rings. The van der Waals surface area contributed by atoms with Crippen LogP contribution in [0.15, 0.2) is 42.0 Å². The summed E-state index contributed by atoms with van der Waals surface area (Å²) >= 11 is 4.14. The lowest BCUT2D eigenvalue weighted by atomic mass is 10.1. The van der Waals surface area contributed by atoms with Crippen LogP contribution in [0.2, 0.25) is 0 Å². The zero-order valence-corrected chi connectivity index (χ0v) is 19.1. The van der Waals surface area contributed by atoms with E-state index in [9.17, 15) is 15.2 Å². The summed E-state index contributed by atoms with van der Waals surface area (Å²) in [6.07, 6.45) is 1.40. The number of hydrogen-bond acceptors (Lipinski definition) is 5. The molecule has 0 spiro atoms. The number of halogens is 2. The Labute approximate surface area is 190 Å². The average Bonchev–Trinajstić information content (AvgIpc) is 2.70. The molecule has 2 aromatic rings. The van der Waals surface area contributed by atoms with Crippen molar-refractivity contribution in [3.05, 3.63) is 54.7 Å². The standard InChI is InChI=1S/C20H17I2N3O3/c21-15-10-13(19(26)18(22)11-15)9-14(12-23)20(27)24-16-1-3-17(4-2-16)25-5-7-28-8-6-25/h1-4,9-11,26H,5-8H2,(H,24,27). The van der Waals surface area contributed by atoms with Gasteiger partial charge in [-0.3, -0.25) is 4.79 Å². The van der Waals surface area contributed by atoms with Gasteiger partial charge in [0.1, 0.15) is 17.4 Å². The molecule has 0 atom stereocenters. The van der Waals surface area contributed by atoms with Gasteiger partial charge in [-0.1, -0.05) is 0 Å². The van der Waals surface area contributed by atoms with Gasteiger partial charge in [-0.25, -0.2) is 0 Å². The number of morpholine rings is 1. The molecule has 28 heavy (non-hydrogen) atoms. The molecule has 0 aliphatic carbocycles. The van der Waals surface area contributed by atoms with Gasteiger partial charge in [0.2, 0.25) is 0 Å². The lowest BCUT2D eigenvalue weighted by Crippen LogP contribution is -2.36. The first-order chi connectivity index (χ1) is 13.5. The van der Waals surface area contributed by atoms with Crippen LogP contribution in [0.25, 0.3) is 6.08 Å². The van der Waals surface area contributed by atoms with Crippen molar-refractivity contribution >= 4 is 68.5 Å². The molecule has 3 rings (SSSR count). The zero-order valence-electron chi connectivity index (χ0n) is 14.8. The Morgan fingerprint density at radius 3 is 2.54 bits per heavy atom. The van der Waals surface area contributed by atoms with Crippen molar-refractivity contribution in [2.45, 2.75) is 0 Å². The Morgan fingerprint density at radius 2 is 1.89 bits per heavy atom. The van der Waals surface area contributed by atoms with Crippen LogP contribution >= 0.6 is 45.2 Å². The number of phenols is 1. The van der Waals surface area contributed by atoms with Crippen LogP contribution in [0.5, 0.6) is 5.75 Å². The molecule has 1 aliphatic heterocycles. The summed E-state index contributed by atoms with van der Waals surface area (Å²) in [5.41, 5.74) is 2.02. The molecule has 1 amide bonds. The van der Waals surface area contributed by atoms with Crippen LogP contribution in [0.1, 0.15) is 5.56 Å². The fourth-order valence-corrected chi connectivity index (χ4v) is 4.67. The molecule has 2 aromatic carbocycles. The van der Waals surface area contributed by atoms with Gasteiger partial charge in [-0.15, -0.1) is 0 Å². The van der Waals surface area contributed by atoms with Crippen molar-refractivity contribution in [3.8, 4) is 11.8 Å². The lowest BCUT2D eigenvalue weighted by Gasteiger charge is -2.28. The Kier molecular flexibility index (Phi) is 7.14. The largest absolute Gasteiger partial charge is 0.506 e. The van der Waals surface area contributed by atoms with Gasteiger partial charge >= 0.3 is 0 Å². The first kappa shape index (κ1) is 20.9. The highest BCUT2D eigenvalue weighted by atomic mass is 127. The molecule has 0 bridgehead atoms. The fraction of sp³-hybridized carbons (Fsp3) is 0.200. The number of rotatable bonds is 4. The molecule has 6 nitrogen and oxygen atoms in total. The van der Waals surface area contributed by atoms with Crippen LogP contribution < -0.4 is 10.2 Å². The molecule has 1 saturated heterocycles. The van der Waals surface area contributed by atoms with E-state index >= 15 is 0 Å². The Balaban J connectivity index is 1.75. The number of nitriles is 1. The number of amides is 1. The molecule has 8 heteroatoms. The van der Waals surface area contributed by atoms with Crippen molar-refractivity contribution in [3.63, 3.8) is 0 Å². The minimum atomic E-state index is -0.519. The zero-order chi connectivity index (χ0) is 20.1. The third kappa shape index (κ3) is 5.15. The van der Waals surface area contributed by atoms with E-state index in [4.69, 9.17) is 4.74 Å². The minimum Gasteiger partial charge on any atom is -0.506 e. The first-order valence-electron chi connectivity index (χ1n) is 8.52. The number of anilines is 2. The normalized spacial score (nSPS) is 14.5. The summed E-state index contributed by atoms with van der Waals surface area (Å²) in [4.78, 5) is 14.7. The van der Waals surface area contributed by atoms with Crippen LogP contribution in [0.4, 0.5) is 11.4 Å². The van der Waals surface area contributed by atoms with Gasteiger partial charge < -0.3 is 20.1 Å². The average molecular weight is 601 g/mol. The quantitative estimate of drug-likeness (QED) is 0.315. The van der Waals surface area contributed by atoms with Gasteiger partial charge in [-0.2, -0.15) is 5.26 Å². The Hall–Kier alpha value is -1.84. The summed E-state index contributed by atoms with van der Waals surface area (Å²) in [5, 5.41) is 22.3. The van der Waals surface area contributed by atoms with E-state index in [2.05, 4.69) is 32.8 Å². The van der Waals surface area contributed by atoms with E-state index < -0.39 is 5.91 Å². The van der Waals surface area contributed by atoms with Crippen LogP contribution in [0.3, 0.4) is 0 Å². The number of benzene rings is 2. The molecule has 2 N–H and O–H groups in total. The second kappa shape index (κ2) is 9.58. The molecule has 144 valence electrons. The van der Waals surface area contributed by atoms with Crippen molar-refractivity contribution < 1.29 is 14.6 Å². The monoisotopic (exact) mass is 601 g/mol. The Morgan fingerprint density at radius 1 is 1.21 bits per heavy atom. The first-order valence-corrected chi connectivity index (χ1v) is 10.7. The maximum Gasteiger partial charge on any atom is 0.266 e. The number of carbonyl (C=O) groups is 1. The van der Waals surface area contributed by atoms with Gasteiger partial charge in [0.15, 0.2) is 0 Å². The number of aromatic hydroxyl groups is 1. The lowest BCUT2D eigenvalue weighted by molar-refractivity contribution is -0.112. The van der Waals surface area contributed by atoms with E-state index in [1.165, 1.54) is 6.08 Å². The van der Waals surface area contributed by atoms with E-state index in [1.807, 2.05) is 59.0 Å². The third-order valence-electron chi connectivity index (χ3n) is 4.22. The van der Waals surface area contributed by atoms with E-state index in [-0.39, 0.29) is 11.3 Å². The maximum atomic E-state index is 12.5. The second-order valence-electron chi connectivity index (χ2n) is 6.10. The van der Waals surface area contributed by atoms with Crippen molar-refractivity contribution in [2.24, 2.45) is 0 Å². The van der Waals surface area contributed by atoms with E-state index in [1.54, 1.807) is 6.07 Å². The van der Waals surface area contributed by atoms with Crippen molar-refractivity contribution in [1.82, 2.24) is 0 Å². The molecule has 0 unspecified atom stereocenters. The summed E-state index contributed by atoms with van der Waals surface area (Å²) in [6, 6.07) is 12.9. The fourth-order valence-electron chi connectivity index (χ4n) is 2.78. The number of hydrogen-bond donors (Lipinski definition) is 2. The van der Waals surface area contributed by atoms with Gasteiger partial charge in [-0.05, 0) is 87.7 Å². The summed E-state index contributed by atoms with van der Waals surface area (Å²) in [5.74, 6) is -0.466. The molecular formula is C20H17I2N3O3. The highest BCUT2D eigenvalue weighted by Crippen LogP contribution is 2.29. The van der Waals surface area contributed by atoms with Crippen molar-refractivity contribution in [1.29, 1.82) is 5.26 Å². The third-order valence-corrected chi connectivity index (χ3v) is 5.67. The number of ether oxygens (including phenoxy) is 1. The predicted molar refractivity (Wildman–Crippen MR) is 125 cm³/mol. The second-order valence-corrected chi connectivity index (χ2v) is 8.50. The molecule has 1 aliphatic rings. The SMILES string of the molecule is N#CC(=Cc1cc(I)cc(I)c1O)C(=O)Nc1ccc(N2CCOCC2)cc1. The van der Waals surface area contributed by atoms with Crippen LogP contribution in [0, 0.1) is 18.5 Å².